The Morgan fingerprint density at radius 2 is 1.96 bits per heavy atom. The number of carbonyl (C=O) groups is 2. The molecule has 0 spiro atoms. The number of hydrogen-bond donors (Lipinski definition) is 3. The van der Waals surface area contributed by atoms with Gasteiger partial charge in [-0.05, 0) is 43.2 Å². The van der Waals surface area contributed by atoms with Crippen molar-refractivity contribution < 1.29 is 14.0 Å². The molecule has 0 radical (unpaired) electrons. The number of urea groups is 1. The van der Waals surface area contributed by atoms with E-state index in [4.69, 9.17) is 10.2 Å². The van der Waals surface area contributed by atoms with Crippen molar-refractivity contribution in [2.45, 2.75) is 32.4 Å². The second kappa shape index (κ2) is 8.03. The number of aryl methyl sites for hydroxylation is 1. The Hall–Kier alpha value is -2.76. The van der Waals surface area contributed by atoms with Gasteiger partial charge in [-0.1, -0.05) is 12.1 Å². The summed E-state index contributed by atoms with van der Waals surface area (Å²) in [5.74, 6) is 0.795. The lowest BCUT2D eigenvalue weighted by atomic mass is 10.1. The van der Waals surface area contributed by atoms with Crippen LogP contribution in [0.3, 0.4) is 0 Å². The van der Waals surface area contributed by atoms with Crippen LogP contribution in [0.25, 0.3) is 0 Å². The zero-order chi connectivity index (χ0) is 16.7. The lowest BCUT2D eigenvalue weighted by Gasteiger charge is -2.13. The molecule has 4 N–H and O–H groups in total. The molecule has 122 valence electrons. The van der Waals surface area contributed by atoms with Crippen molar-refractivity contribution in [1.29, 1.82) is 0 Å². The van der Waals surface area contributed by atoms with Crippen molar-refractivity contribution in [3.63, 3.8) is 0 Å². The van der Waals surface area contributed by atoms with Crippen LogP contribution in [0.5, 0.6) is 0 Å². The largest absolute Gasteiger partial charge is 0.469 e. The van der Waals surface area contributed by atoms with E-state index in [1.54, 1.807) is 30.5 Å². The summed E-state index contributed by atoms with van der Waals surface area (Å²) in [6.45, 7) is 2.31. The summed E-state index contributed by atoms with van der Waals surface area (Å²) >= 11 is 0. The normalized spacial score (nSPS) is 11.7. The average molecular weight is 315 g/mol. The van der Waals surface area contributed by atoms with E-state index in [1.165, 1.54) is 0 Å². The Labute approximate surface area is 135 Å². The Bertz CT molecular complexity index is 636. The maximum Gasteiger partial charge on any atom is 0.312 e. The van der Waals surface area contributed by atoms with Gasteiger partial charge in [0.25, 0.3) is 5.91 Å². The second-order valence-electron chi connectivity index (χ2n) is 5.41. The van der Waals surface area contributed by atoms with E-state index in [9.17, 15) is 9.59 Å². The van der Waals surface area contributed by atoms with Crippen LogP contribution in [0.2, 0.25) is 0 Å². The Kier molecular flexibility index (Phi) is 5.80. The fourth-order valence-electron chi connectivity index (χ4n) is 2.16. The van der Waals surface area contributed by atoms with E-state index in [-0.39, 0.29) is 11.9 Å². The number of benzene rings is 1. The third kappa shape index (κ3) is 5.50. The highest BCUT2D eigenvalue weighted by atomic mass is 16.3. The highest BCUT2D eigenvalue weighted by molar-refractivity contribution is 5.94. The molecule has 2 rings (SSSR count). The lowest BCUT2D eigenvalue weighted by molar-refractivity contribution is 0.0938. The topological polar surface area (TPSA) is 97.4 Å². The summed E-state index contributed by atoms with van der Waals surface area (Å²) < 4.78 is 5.27. The van der Waals surface area contributed by atoms with Crippen LogP contribution in [0.4, 0.5) is 4.79 Å². The first-order valence-electron chi connectivity index (χ1n) is 7.50. The zero-order valence-electron chi connectivity index (χ0n) is 13.0. The molecular formula is C17H21N3O3. The second-order valence-corrected chi connectivity index (χ2v) is 5.41. The minimum absolute atomic E-state index is 0.0452. The molecule has 6 heteroatoms. The minimum Gasteiger partial charge on any atom is -0.469 e. The van der Waals surface area contributed by atoms with Crippen LogP contribution in [-0.2, 0) is 13.0 Å². The molecule has 0 bridgehead atoms. The third-order valence-electron chi connectivity index (χ3n) is 3.46. The number of amides is 3. The summed E-state index contributed by atoms with van der Waals surface area (Å²) in [4.78, 5) is 22.8. The van der Waals surface area contributed by atoms with Crippen molar-refractivity contribution in [3.8, 4) is 0 Å². The number of rotatable bonds is 7. The van der Waals surface area contributed by atoms with Crippen LogP contribution in [-0.4, -0.2) is 18.0 Å². The van der Waals surface area contributed by atoms with Gasteiger partial charge in [-0.25, -0.2) is 4.79 Å². The highest BCUT2D eigenvalue weighted by Crippen LogP contribution is 2.08. The lowest BCUT2D eigenvalue weighted by Crippen LogP contribution is -2.33. The third-order valence-corrected chi connectivity index (χ3v) is 3.46. The molecule has 0 aliphatic rings. The summed E-state index contributed by atoms with van der Waals surface area (Å²) in [7, 11) is 0. The average Bonchev–Trinajstić information content (AvgIpc) is 3.05. The molecule has 23 heavy (non-hydrogen) atoms. The van der Waals surface area contributed by atoms with Crippen molar-refractivity contribution >= 4 is 11.9 Å². The van der Waals surface area contributed by atoms with Gasteiger partial charge in [0.1, 0.15) is 5.76 Å². The van der Waals surface area contributed by atoms with E-state index in [0.717, 1.165) is 24.2 Å². The minimum atomic E-state index is -0.572. The van der Waals surface area contributed by atoms with Gasteiger partial charge >= 0.3 is 6.03 Å². The molecule has 0 unspecified atom stereocenters. The number of hydrogen-bond acceptors (Lipinski definition) is 3. The molecular weight excluding hydrogens is 294 g/mol. The molecule has 0 saturated heterocycles. The predicted molar refractivity (Wildman–Crippen MR) is 86.8 cm³/mol. The number of nitrogens with two attached hydrogens (primary N) is 1. The first-order chi connectivity index (χ1) is 11.0. The zero-order valence-corrected chi connectivity index (χ0v) is 13.0. The van der Waals surface area contributed by atoms with Crippen LogP contribution in [0, 0.1) is 0 Å². The van der Waals surface area contributed by atoms with Crippen molar-refractivity contribution in [1.82, 2.24) is 10.6 Å². The van der Waals surface area contributed by atoms with Gasteiger partial charge in [-0.2, -0.15) is 0 Å². The maximum absolute atomic E-state index is 12.2. The van der Waals surface area contributed by atoms with Crippen LogP contribution < -0.4 is 16.4 Å². The number of nitrogens with one attached hydrogen (secondary N) is 2. The molecule has 0 aliphatic heterocycles. The SMILES string of the molecule is C[C@@H](CCc1ccco1)NC(=O)c1ccc(CNC(N)=O)cc1. The first-order valence-corrected chi connectivity index (χ1v) is 7.50. The van der Waals surface area contributed by atoms with Gasteiger partial charge in [0.2, 0.25) is 0 Å². The van der Waals surface area contributed by atoms with Gasteiger partial charge in [0.15, 0.2) is 0 Å². The van der Waals surface area contributed by atoms with Gasteiger partial charge in [0.05, 0.1) is 6.26 Å². The van der Waals surface area contributed by atoms with Crippen LogP contribution in [0.15, 0.2) is 47.1 Å². The molecule has 0 aliphatic carbocycles. The molecule has 1 atom stereocenters. The Morgan fingerprint density at radius 1 is 1.22 bits per heavy atom. The fraction of sp³-hybridized carbons (Fsp3) is 0.294. The quantitative estimate of drug-likeness (QED) is 0.730. The van der Waals surface area contributed by atoms with E-state index in [2.05, 4.69) is 10.6 Å². The first kappa shape index (κ1) is 16.6. The molecule has 1 aromatic heterocycles. The smallest absolute Gasteiger partial charge is 0.312 e. The van der Waals surface area contributed by atoms with Crippen LogP contribution >= 0.6 is 0 Å². The number of carbonyl (C=O) groups excluding carboxylic acids is 2. The van der Waals surface area contributed by atoms with Crippen molar-refractivity contribution in [2.75, 3.05) is 0 Å². The fourth-order valence-corrected chi connectivity index (χ4v) is 2.16. The highest BCUT2D eigenvalue weighted by Gasteiger charge is 2.10. The summed E-state index contributed by atoms with van der Waals surface area (Å²) in [5.41, 5.74) is 6.48. The van der Waals surface area contributed by atoms with Gasteiger partial charge in [-0.15, -0.1) is 0 Å². The summed E-state index contributed by atoms with van der Waals surface area (Å²) in [6, 6.07) is 10.3. The summed E-state index contributed by atoms with van der Waals surface area (Å²) in [6.07, 6.45) is 3.24. The summed E-state index contributed by atoms with van der Waals surface area (Å²) in [5, 5.41) is 5.46. The van der Waals surface area contributed by atoms with Gasteiger partial charge in [0, 0.05) is 24.6 Å². The standard InChI is InChI=1S/C17H21N3O3/c1-12(4-9-15-3-2-10-23-15)20-16(21)14-7-5-13(6-8-14)11-19-17(18)22/h2-3,5-8,10,12H,4,9,11H2,1H3,(H,20,21)(H3,18,19,22)/t12-/m0/s1. The van der Waals surface area contributed by atoms with E-state index >= 15 is 0 Å². The van der Waals surface area contributed by atoms with Crippen molar-refractivity contribution in [2.24, 2.45) is 5.73 Å². The monoisotopic (exact) mass is 315 g/mol. The van der Waals surface area contributed by atoms with Crippen molar-refractivity contribution in [3.05, 3.63) is 59.5 Å². The van der Waals surface area contributed by atoms with Gasteiger partial charge in [-0.3, -0.25) is 4.79 Å². The van der Waals surface area contributed by atoms with Crippen LogP contribution in [0.1, 0.15) is 35.0 Å². The number of furan rings is 1. The molecule has 6 nitrogen and oxygen atoms in total. The predicted octanol–water partition coefficient (Wildman–Crippen LogP) is 2.20. The molecule has 1 heterocycles. The molecule has 0 fully saturated rings. The molecule has 3 amide bonds. The van der Waals surface area contributed by atoms with E-state index in [1.807, 2.05) is 19.1 Å². The Morgan fingerprint density at radius 3 is 2.57 bits per heavy atom. The van der Waals surface area contributed by atoms with Gasteiger partial charge < -0.3 is 20.8 Å². The molecule has 0 saturated carbocycles. The molecule has 2 aromatic rings. The molecule has 1 aromatic carbocycles. The number of primary amides is 1. The maximum atomic E-state index is 12.2. The van der Waals surface area contributed by atoms with E-state index in [0.29, 0.717) is 12.1 Å². The Balaban J connectivity index is 1.81. The van der Waals surface area contributed by atoms with E-state index < -0.39 is 6.03 Å².